The predicted octanol–water partition coefficient (Wildman–Crippen LogP) is 2.78. The van der Waals surface area contributed by atoms with E-state index in [2.05, 4.69) is 0 Å². The van der Waals surface area contributed by atoms with Gasteiger partial charge in [0, 0.05) is 12.2 Å². The second-order valence-electron chi connectivity index (χ2n) is 5.24. The number of hydrogen-bond donors (Lipinski definition) is 0. The standard InChI is InChI=1S/C18H21NO4/c1-5-10-19-12(2)16(18(21)23-4)15(17(19)20)11-13-6-8-14(22-3)9-7-13/h6-9,11H,5,10H2,1-4H3/b15-11-. The van der Waals surface area contributed by atoms with Crippen molar-refractivity contribution in [1.29, 1.82) is 0 Å². The Morgan fingerprint density at radius 1 is 1.22 bits per heavy atom. The summed E-state index contributed by atoms with van der Waals surface area (Å²) in [6, 6.07) is 7.30. The molecule has 0 N–H and O–H groups in total. The Morgan fingerprint density at radius 2 is 1.87 bits per heavy atom. The molecule has 0 atom stereocenters. The maximum Gasteiger partial charge on any atom is 0.340 e. The van der Waals surface area contributed by atoms with E-state index in [1.807, 2.05) is 31.2 Å². The topological polar surface area (TPSA) is 55.8 Å². The van der Waals surface area contributed by atoms with E-state index >= 15 is 0 Å². The minimum Gasteiger partial charge on any atom is -0.497 e. The van der Waals surface area contributed by atoms with E-state index in [0.29, 0.717) is 23.4 Å². The van der Waals surface area contributed by atoms with Gasteiger partial charge >= 0.3 is 5.97 Å². The molecule has 0 saturated heterocycles. The largest absolute Gasteiger partial charge is 0.497 e. The van der Waals surface area contributed by atoms with Crippen molar-refractivity contribution in [1.82, 2.24) is 4.90 Å². The lowest BCUT2D eigenvalue weighted by Crippen LogP contribution is -2.25. The van der Waals surface area contributed by atoms with Crippen molar-refractivity contribution in [3.05, 3.63) is 46.7 Å². The molecule has 1 amide bonds. The normalized spacial score (nSPS) is 16.3. The molecule has 23 heavy (non-hydrogen) atoms. The number of carbonyl (C=O) groups is 2. The van der Waals surface area contributed by atoms with Gasteiger partial charge in [0.25, 0.3) is 5.91 Å². The molecule has 0 saturated carbocycles. The van der Waals surface area contributed by atoms with E-state index in [1.54, 1.807) is 25.0 Å². The zero-order chi connectivity index (χ0) is 17.0. The summed E-state index contributed by atoms with van der Waals surface area (Å²) in [4.78, 5) is 26.4. The molecule has 1 aliphatic heterocycles. The SMILES string of the molecule is CCCN1C(=O)/C(=C\c2ccc(OC)cc2)C(C(=O)OC)=C1C. The highest BCUT2D eigenvalue weighted by atomic mass is 16.5. The molecule has 1 heterocycles. The molecule has 0 unspecified atom stereocenters. The third kappa shape index (κ3) is 3.28. The van der Waals surface area contributed by atoms with Crippen LogP contribution in [0.2, 0.25) is 0 Å². The maximum atomic E-state index is 12.6. The first-order valence-electron chi connectivity index (χ1n) is 7.50. The molecule has 5 heteroatoms. The average molecular weight is 315 g/mol. The van der Waals surface area contributed by atoms with Gasteiger partial charge in [-0.3, -0.25) is 4.79 Å². The molecule has 5 nitrogen and oxygen atoms in total. The average Bonchev–Trinajstić information content (AvgIpc) is 2.80. The van der Waals surface area contributed by atoms with E-state index in [4.69, 9.17) is 9.47 Å². The van der Waals surface area contributed by atoms with Crippen molar-refractivity contribution in [3.8, 4) is 5.75 Å². The van der Waals surface area contributed by atoms with Crippen LogP contribution in [0.25, 0.3) is 6.08 Å². The molecule has 0 aliphatic carbocycles. The molecule has 0 spiro atoms. The number of methoxy groups -OCH3 is 2. The zero-order valence-electron chi connectivity index (χ0n) is 13.9. The molecular formula is C18H21NO4. The fourth-order valence-corrected chi connectivity index (χ4v) is 2.59. The summed E-state index contributed by atoms with van der Waals surface area (Å²) in [6.07, 6.45) is 2.53. The van der Waals surface area contributed by atoms with Gasteiger partial charge in [-0.15, -0.1) is 0 Å². The van der Waals surface area contributed by atoms with Gasteiger partial charge in [0.1, 0.15) is 5.75 Å². The van der Waals surface area contributed by atoms with Crippen LogP contribution in [0.5, 0.6) is 5.75 Å². The Balaban J connectivity index is 2.46. The molecule has 1 aromatic carbocycles. The van der Waals surface area contributed by atoms with E-state index < -0.39 is 5.97 Å². The maximum absolute atomic E-state index is 12.6. The van der Waals surface area contributed by atoms with E-state index in [1.165, 1.54) is 7.11 Å². The third-order valence-corrected chi connectivity index (χ3v) is 3.78. The van der Waals surface area contributed by atoms with Crippen LogP contribution in [0.3, 0.4) is 0 Å². The summed E-state index contributed by atoms with van der Waals surface area (Å²) in [5, 5.41) is 0. The summed E-state index contributed by atoms with van der Waals surface area (Å²) in [5.74, 6) is 0.0761. The Morgan fingerprint density at radius 3 is 2.39 bits per heavy atom. The number of allylic oxidation sites excluding steroid dienone is 1. The molecule has 0 aromatic heterocycles. The van der Waals surface area contributed by atoms with Crippen molar-refractivity contribution >= 4 is 18.0 Å². The summed E-state index contributed by atoms with van der Waals surface area (Å²) >= 11 is 0. The van der Waals surface area contributed by atoms with Crippen molar-refractivity contribution in [2.45, 2.75) is 20.3 Å². The monoisotopic (exact) mass is 315 g/mol. The van der Waals surface area contributed by atoms with Crippen LogP contribution in [0.4, 0.5) is 0 Å². The third-order valence-electron chi connectivity index (χ3n) is 3.78. The fraction of sp³-hybridized carbons (Fsp3) is 0.333. The lowest BCUT2D eigenvalue weighted by molar-refractivity contribution is -0.136. The van der Waals surface area contributed by atoms with Gasteiger partial charge in [0.05, 0.1) is 25.4 Å². The van der Waals surface area contributed by atoms with E-state index in [-0.39, 0.29) is 5.91 Å². The Kier molecular flexibility index (Phi) is 5.21. The molecule has 0 radical (unpaired) electrons. The van der Waals surface area contributed by atoms with Gasteiger partial charge in [-0.05, 0) is 37.1 Å². The van der Waals surface area contributed by atoms with Crippen molar-refractivity contribution in [2.24, 2.45) is 0 Å². The highest BCUT2D eigenvalue weighted by Gasteiger charge is 2.36. The van der Waals surface area contributed by atoms with E-state index in [9.17, 15) is 9.59 Å². The lowest BCUT2D eigenvalue weighted by Gasteiger charge is -2.16. The number of amides is 1. The zero-order valence-corrected chi connectivity index (χ0v) is 13.9. The summed E-state index contributed by atoms with van der Waals surface area (Å²) in [5.41, 5.74) is 2.17. The van der Waals surface area contributed by atoms with Crippen LogP contribution in [-0.2, 0) is 14.3 Å². The molecular weight excluding hydrogens is 294 g/mol. The van der Waals surface area contributed by atoms with Crippen LogP contribution in [0.1, 0.15) is 25.8 Å². The Bertz CT molecular complexity index is 671. The van der Waals surface area contributed by atoms with Crippen LogP contribution in [-0.4, -0.2) is 37.5 Å². The van der Waals surface area contributed by atoms with Crippen molar-refractivity contribution in [2.75, 3.05) is 20.8 Å². The minimum atomic E-state index is -0.491. The van der Waals surface area contributed by atoms with E-state index in [0.717, 1.165) is 17.7 Å². The van der Waals surface area contributed by atoms with Gasteiger partial charge in [-0.1, -0.05) is 19.1 Å². The smallest absolute Gasteiger partial charge is 0.340 e. The minimum absolute atomic E-state index is 0.166. The molecule has 0 bridgehead atoms. The number of benzene rings is 1. The lowest BCUT2D eigenvalue weighted by atomic mass is 10.0. The van der Waals surface area contributed by atoms with Crippen LogP contribution < -0.4 is 4.74 Å². The molecule has 1 aliphatic rings. The summed E-state index contributed by atoms with van der Waals surface area (Å²) < 4.78 is 9.97. The van der Waals surface area contributed by atoms with Crippen LogP contribution >= 0.6 is 0 Å². The first-order chi connectivity index (χ1) is 11.0. The quantitative estimate of drug-likeness (QED) is 0.619. The first kappa shape index (κ1) is 16.8. The van der Waals surface area contributed by atoms with Gasteiger partial charge in [0.15, 0.2) is 0 Å². The Hall–Kier alpha value is -2.56. The van der Waals surface area contributed by atoms with Crippen LogP contribution in [0.15, 0.2) is 41.1 Å². The summed E-state index contributed by atoms with van der Waals surface area (Å²) in [7, 11) is 2.92. The number of ether oxygens (including phenoxy) is 2. The van der Waals surface area contributed by atoms with Gasteiger partial charge < -0.3 is 14.4 Å². The number of rotatable bonds is 5. The second-order valence-corrected chi connectivity index (χ2v) is 5.24. The highest BCUT2D eigenvalue weighted by molar-refractivity contribution is 6.16. The molecule has 122 valence electrons. The second kappa shape index (κ2) is 7.13. The van der Waals surface area contributed by atoms with Gasteiger partial charge in [0.2, 0.25) is 0 Å². The number of carbonyl (C=O) groups excluding carboxylic acids is 2. The molecule has 0 fully saturated rings. The number of esters is 1. The fourth-order valence-electron chi connectivity index (χ4n) is 2.59. The summed E-state index contributed by atoms with van der Waals surface area (Å²) in [6.45, 7) is 4.34. The van der Waals surface area contributed by atoms with Gasteiger partial charge in [-0.2, -0.15) is 0 Å². The molecule has 1 aromatic rings. The van der Waals surface area contributed by atoms with Crippen LogP contribution in [0, 0.1) is 0 Å². The van der Waals surface area contributed by atoms with Crippen molar-refractivity contribution in [3.63, 3.8) is 0 Å². The Labute approximate surface area is 136 Å². The first-order valence-corrected chi connectivity index (χ1v) is 7.50. The highest BCUT2D eigenvalue weighted by Crippen LogP contribution is 2.31. The number of hydrogen-bond acceptors (Lipinski definition) is 4. The van der Waals surface area contributed by atoms with Gasteiger partial charge in [-0.25, -0.2) is 4.79 Å². The molecule has 2 rings (SSSR count). The predicted molar refractivity (Wildman–Crippen MR) is 87.7 cm³/mol. The number of nitrogens with zero attached hydrogens (tertiary/aromatic N) is 1. The van der Waals surface area contributed by atoms with Crippen molar-refractivity contribution < 1.29 is 19.1 Å².